The van der Waals surface area contributed by atoms with E-state index in [2.05, 4.69) is 30.0 Å². The van der Waals surface area contributed by atoms with E-state index in [9.17, 15) is 8.42 Å². The van der Waals surface area contributed by atoms with Crippen molar-refractivity contribution < 1.29 is 13.2 Å². The van der Waals surface area contributed by atoms with Crippen LogP contribution in [0, 0.1) is 6.92 Å². The summed E-state index contributed by atoms with van der Waals surface area (Å²) >= 11 is 12.1. The highest BCUT2D eigenvalue weighted by Crippen LogP contribution is 2.34. The molecule has 2 N–H and O–H groups in total. The second-order valence-electron chi connectivity index (χ2n) is 6.98. The summed E-state index contributed by atoms with van der Waals surface area (Å²) in [4.78, 5) is 16.7. The molecule has 0 atom stereocenters. The number of aromatic nitrogens is 4. The van der Waals surface area contributed by atoms with Gasteiger partial charge in [0.25, 0.3) is 10.0 Å². The molecule has 0 saturated heterocycles. The fourth-order valence-corrected chi connectivity index (χ4v) is 4.78. The number of ether oxygens (including phenoxy) is 1. The van der Waals surface area contributed by atoms with E-state index >= 15 is 0 Å². The van der Waals surface area contributed by atoms with Crippen molar-refractivity contribution in [2.75, 3.05) is 17.1 Å². The van der Waals surface area contributed by atoms with Crippen LogP contribution in [0.15, 0.2) is 66.0 Å². The summed E-state index contributed by atoms with van der Waals surface area (Å²) in [6.45, 7) is 1.83. The zero-order valence-electron chi connectivity index (χ0n) is 18.0. The van der Waals surface area contributed by atoms with E-state index in [0.29, 0.717) is 23.1 Å². The number of hydrogen-bond donors (Lipinski definition) is 2. The third-order valence-electron chi connectivity index (χ3n) is 4.66. The number of sulfonamides is 1. The Labute approximate surface area is 206 Å². The van der Waals surface area contributed by atoms with Crippen LogP contribution in [-0.4, -0.2) is 35.4 Å². The van der Waals surface area contributed by atoms with Gasteiger partial charge in [-0.15, -0.1) is 0 Å². The fraction of sp³-hybridized carbons (Fsp3) is 0.0909. The van der Waals surface area contributed by atoms with Crippen molar-refractivity contribution in [1.82, 2.24) is 19.9 Å². The summed E-state index contributed by atoms with van der Waals surface area (Å²) in [7, 11) is -2.30. The fourth-order valence-electron chi connectivity index (χ4n) is 2.97. The van der Waals surface area contributed by atoms with Crippen molar-refractivity contribution >= 4 is 44.9 Å². The molecule has 0 unspecified atom stereocenters. The van der Waals surface area contributed by atoms with Crippen LogP contribution in [0.25, 0.3) is 11.4 Å². The molecule has 9 nitrogen and oxygen atoms in total. The molecule has 0 aliphatic carbocycles. The van der Waals surface area contributed by atoms with E-state index in [1.807, 2.05) is 6.92 Å². The van der Waals surface area contributed by atoms with Gasteiger partial charge in [0, 0.05) is 19.3 Å². The molecule has 4 aromatic rings. The van der Waals surface area contributed by atoms with Gasteiger partial charge in [0.15, 0.2) is 5.82 Å². The largest absolute Gasteiger partial charge is 0.438 e. The van der Waals surface area contributed by atoms with Gasteiger partial charge in [-0.25, -0.2) is 23.4 Å². The van der Waals surface area contributed by atoms with E-state index in [0.717, 1.165) is 5.56 Å². The van der Waals surface area contributed by atoms with Gasteiger partial charge in [0.2, 0.25) is 11.8 Å². The predicted molar refractivity (Wildman–Crippen MR) is 131 cm³/mol. The summed E-state index contributed by atoms with van der Waals surface area (Å²) in [6, 6.07) is 12.8. The molecule has 0 amide bonds. The minimum absolute atomic E-state index is 0.0586. The number of nitrogens with one attached hydrogen (secondary N) is 2. The minimum atomic E-state index is -4.00. The summed E-state index contributed by atoms with van der Waals surface area (Å²) in [5, 5.41) is 2.94. The molecule has 12 heteroatoms. The summed E-state index contributed by atoms with van der Waals surface area (Å²) < 4.78 is 34.3. The van der Waals surface area contributed by atoms with Crippen LogP contribution in [-0.2, 0) is 10.0 Å². The van der Waals surface area contributed by atoms with Gasteiger partial charge >= 0.3 is 0 Å². The van der Waals surface area contributed by atoms with Crippen molar-refractivity contribution in [3.8, 4) is 23.0 Å². The van der Waals surface area contributed by atoms with Gasteiger partial charge in [-0.3, -0.25) is 4.72 Å². The number of pyridine rings is 1. The van der Waals surface area contributed by atoms with Gasteiger partial charge in [0.05, 0.1) is 21.3 Å². The molecule has 2 aromatic carbocycles. The smallest absolute Gasteiger partial charge is 0.263 e. The van der Waals surface area contributed by atoms with Gasteiger partial charge in [-0.2, -0.15) is 4.98 Å². The third-order valence-corrected chi connectivity index (χ3v) is 7.01. The molecule has 0 spiro atoms. The molecule has 0 aliphatic heterocycles. The Hall–Kier alpha value is -3.47. The van der Waals surface area contributed by atoms with Gasteiger partial charge in [-0.05, 0) is 42.8 Å². The molecule has 0 fully saturated rings. The molecule has 2 aromatic heterocycles. The summed E-state index contributed by atoms with van der Waals surface area (Å²) in [6.07, 6.45) is 2.95. The lowest BCUT2D eigenvalue weighted by Crippen LogP contribution is -2.13. The van der Waals surface area contributed by atoms with Crippen molar-refractivity contribution in [3.63, 3.8) is 0 Å². The molecule has 0 bridgehead atoms. The minimum Gasteiger partial charge on any atom is -0.438 e. The third kappa shape index (κ3) is 5.04. The Kier molecular flexibility index (Phi) is 6.82. The summed E-state index contributed by atoms with van der Waals surface area (Å²) in [5.41, 5.74) is 1.57. The van der Waals surface area contributed by atoms with Crippen LogP contribution in [0.3, 0.4) is 0 Å². The Morgan fingerprint density at radius 3 is 2.62 bits per heavy atom. The number of nitrogens with zero attached hydrogens (tertiary/aromatic N) is 4. The zero-order chi connectivity index (χ0) is 24.3. The van der Waals surface area contributed by atoms with Crippen molar-refractivity contribution in [1.29, 1.82) is 0 Å². The second kappa shape index (κ2) is 9.80. The first-order valence-electron chi connectivity index (χ1n) is 9.86. The Bertz CT molecular complexity index is 1470. The van der Waals surface area contributed by atoms with Crippen LogP contribution in [0.2, 0.25) is 10.0 Å². The maximum Gasteiger partial charge on any atom is 0.263 e. The van der Waals surface area contributed by atoms with Gasteiger partial charge < -0.3 is 10.1 Å². The maximum atomic E-state index is 12.9. The van der Waals surface area contributed by atoms with Gasteiger partial charge in [-0.1, -0.05) is 35.3 Å². The van der Waals surface area contributed by atoms with E-state index < -0.39 is 10.0 Å². The van der Waals surface area contributed by atoms with Crippen LogP contribution in [0.4, 0.5) is 11.6 Å². The van der Waals surface area contributed by atoms with E-state index in [1.165, 1.54) is 24.5 Å². The topological polar surface area (TPSA) is 119 Å². The van der Waals surface area contributed by atoms with Crippen molar-refractivity contribution in [2.45, 2.75) is 11.8 Å². The lowest BCUT2D eigenvalue weighted by Gasteiger charge is -2.14. The second-order valence-corrected chi connectivity index (χ2v) is 9.41. The average Bonchev–Trinajstić information content (AvgIpc) is 2.83. The Morgan fingerprint density at radius 1 is 1.00 bits per heavy atom. The number of rotatable bonds is 7. The number of aryl methyl sites for hydroxylation is 1. The number of hydrogen-bond acceptors (Lipinski definition) is 8. The highest BCUT2D eigenvalue weighted by atomic mass is 35.5. The highest BCUT2D eigenvalue weighted by Gasteiger charge is 2.20. The van der Waals surface area contributed by atoms with E-state index in [1.54, 1.807) is 43.6 Å². The lowest BCUT2D eigenvalue weighted by molar-refractivity contribution is 0.461. The average molecular weight is 517 g/mol. The first kappa shape index (κ1) is 23.7. The number of halogens is 2. The highest BCUT2D eigenvalue weighted by molar-refractivity contribution is 7.92. The Morgan fingerprint density at radius 2 is 1.82 bits per heavy atom. The van der Waals surface area contributed by atoms with Crippen LogP contribution in [0.1, 0.15) is 5.56 Å². The van der Waals surface area contributed by atoms with Crippen molar-refractivity contribution in [2.24, 2.45) is 0 Å². The molecule has 0 saturated carbocycles. The SMILES string of the molecule is CNc1ncnc(-c2cccnc2Oc2cc(NS(=O)(=O)c3cccc(Cl)c3Cl)ccc2C)n1. The molecular formula is C22H18Cl2N6O3S. The first-order chi connectivity index (χ1) is 16.3. The van der Waals surface area contributed by atoms with Crippen LogP contribution < -0.4 is 14.8 Å². The standard InChI is InChI=1S/C22H18Cl2N6O3S/c1-13-8-9-14(30-34(31,32)18-7-3-6-16(23)19(18)24)11-17(13)33-21-15(5-4-10-26-21)20-27-12-28-22(25-2)29-20/h3-12,30H,1-2H3,(H,25,27,28,29). The maximum absolute atomic E-state index is 12.9. The molecular weight excluding hydrogens is 499 g/mol. The molecule has 0 aliphatic rings. The van der Waals surface area contributed by atoms with E-state index in [-0.39, 0.29) is 26.5 Å². The monoisotopic (exact) mass is 516 g/mol. The number of anilines is 2. The molecule has 0 radical (unpaired) electrons. The van der Waals surface area contributed by atoms with Crippen LogP contribution >= 0.6 is 23.2 Å². The Balaban J connectivity index is 1.66. The molecule has 4 rings (SSSR count). The van der Waals surface area contributed by atoms with E-state index in [4.69, 9.17) is 27.9 Å². The van der Waals surface area contributed by atoms with Gasteiger partial charge in [0.1, 0.15) is 17.0 Å². The molecule has 34 heavy (non-hydrogen) atoms. The van der Waals surface area contributed by atoms with Crippen molar-refractivity contribution in [3.05, 3.63) is 76.7 Å². The quantitative estimate of drug-likeness (QED) is 0.344. The molecule has 2 heterocycles. The zero-order valence-corrected chi connectivity index (χ0v) is 20.3. The number of benzene rings is 2. The summed E-state index contributed by atoms with van der Waals surface area (Å²) in [5.74, 6) is 1.40. The lowest BCUT2D eigenvalue weighted by atomic mass is 10.2. The molecule has 174 valence electrons. The predicted octanol–water partition coefficient (Wildman–Crippen LogP) is 5.18. The van der Waals surface area contributed by atoms with Crippen LogP contribution in [0.5, 0.6) is 11.6 Å². The first-order valence-corrected chi connectivity index (χ1v) is 12.1. The normalized spacial score (nSPS) is 11.2.